The number of hydrogen-bond donors (Lipinski definition) is 2. The Balaban J connectivity index is 1.88. The zero-order valence-corrected chi connectivity index (χ0v) is 14.0. The standard InChI is InChI=1S/C17H19ClN2O3/c1-11-4-6-14(8-12(11)2)23-10-19-17(21)20-15-9-13(18)5-7-16(15)22-3/h4-9H,10H2,1-3H3,(H2,19,20,21). The normalized spacial score (nSPS) is 10.1. The maximum Gasteiger partial charge on any atom is 0.321 e. The summed E-state index contributed by atoms with van der Waals surface area (Å²) in [5.74, 6) is 1.23. The number of carbonyl (C=O) groups is 1. The van der Waals surface area contributed by atoms with Crippen molar-refractivity contribution in [1.29, 1.82) is 0 Å². The number of rotatable bonds is 5. The van der Waals surface area contributed by atoms with Crippen molar-refractivity contribution in [3.8, 4) is 11.5 Å². The summed E-state index contributed by atoms with van der Waals surface area (Å²) in [5, 5.41) is 5.79. The summed E-state index contributed by atoms with van der Waals surface area (Å²) >= 11 is 5.92. The molecule has 0 heterocycles. The van der Waals surface area contributed by atoms with E-state index in [0.717, 1.165) is 5.56 Å². The van der Waals surface area contributed by atoms with E-state index >= 15 is 0 Å². The van der Waals surface area contributed by atoms with Gasteiger partial charge in [0, 0.05) is 5.02 Å². The van der Waals surface area contributed by atoms with Crippen molar-refractivity contribution < 1.29 is 14.3 Å². The molecular weight excluding hydrogens is 316 g/mol. The third kappa shape index (κ3) is 4.79. The molecule has 0 saturated carbocycles. The molecule has 0 aliphatic carbocycles. The zero-order valence-electron chi connectivity index (χ0n) is 13.3. The molecule has 5 nitrogen and oxygen atoms in total. The molecule has 2 rings (SSSR count). The van der Waals surface area contributed by atoms with E-state index in [-0.39, 0.29) is 6.73 Å². The Morgan fingerprint density at radius 1 is 1.13 bits per heavy atom. The van der Waals surface area contributed by atoms with Crippen LogP contribution in [-0.4, -0.2) is 19.9 Å². The summed E-state index contributed by atoms with van der Waals surface area (Å²) < 4.78 is 10.7. The molecule has 6 heteroatoms. The Hall–Kier alpha value is -2.40. The van der Waals surface area contributed by atoms with Crippen molar-refractivity contribution in [1.82, 2.24) is 5.32 Å². The van der Waals surface area contributed by atoms with E-state index in [1.54, 1.807) is 18.2 Å². The van der Waals surface area contributed by atoms with E-state index in [4.69, 9.17) is 21.1 Å². The van der Waals surface area contributed by atoms with E-state index in [0.29, 0.717) is 22.2 Å². The predicted octanol–water partition coefficient (Wildman–Crippen LogP) is 4.12. The molecule has 2 amide bonds. The highest BCUT2D eigenvalue weighted by Gasteiger charge is 2.08. The number of nitrogens with one attached hydrogen (secondary N) is 2. The molecule has 0 fully saturated rings. The van der Waals surface area contributed by atoms with Crippen LogP contribution >= 0.6 is 11.6 Å². The fourth-order valence-corrected chi connectivity index (χ4v) is 2.11. The minimum Gasteiger partial charge on any atom is -0.495 e. The molecule has 0 bridgehead atoms. The molecule has 0 unspecified atom stereocenters. The highest BCUT2D eigenvalue weighted by molar-refractivity contribution is 6.31. The number of anilines is 1. The fourth-order valence-electron chi connectivity index (χ4n) is 1.93. The van der Waals surface area contributed by atoms with E-state index in [1.165, 1.54) is 12.7 Å². The molecular formula is C17H19ClN2O3. The van der Waals surface area contributed by atoms with Crippen molar-refractivity contribution in [3.05, 3.63) is 52.5 Å². The number of halogens is 1. The molecule has 0 saturated heterocycles. The average molecular weight is 335 g/mol. The Labute approximate surface area is 140 Å². The van der Waals surface area contributed by atoms with Gasteiger partial charge >= 0.3 is 6.03 Å². The quantitative estimate of drug-likeness (QED) is 0.808. The van der Waals surface area contributed by atoms with Gasteiger partial charge in [-0.05, 0) is 55.3 Å². The molecule has 2 N–H and O–H groups in total. The van der Waals surface area contributed by atoms with Crippen LogP contribution in [0, 0.1) is 13.8 Å². The van der Waals surface area contributed by atoms with Gasteiger partial charge in [0.05, 0.1) is 12.8 Å². The second-order valence-electron chi connectivity index (χ2n) is 5.01. The second-order valence-corrected chi connectivity index (χ2v) is 5.45. The van der Waals surface area contributed by atoms with Gasteiger partial charge in [-0.2, -0.15) is 0 Å². The lowest BCUT2D eigenvalue weighted by atomic mass is 10.1. The van der Waals surface area contributed by atoms with Crippen LogP contribution in [0.25, 0.3) is 0 Å². The largest absolute Gasteiger partial charge is 0.495 e. The van der Waals surface area contributed by atoms with Crippen molar-refractivity contribution >= 4 is 23.3 Å². The van der Waals surface area contributed by atoms with Crippen LogP contribution in [0.5, 0.6) is 11.5 Å². The summed E-state index contributed by atoms with van der Waals surface area (Å²) in [6.07, 6.45) is 0. The van der Waals surface area contributed by atoms with Crippen LogP contribution in [-0.2, 0) is 0 Å². The van der Waals surface area contributed by atoms with E-state index in [1.807, 2.05) is 32.0 Å². The molecule has 0 atom stereocenters. The first-order valence-corrected chi connectivity index (χ1v) is 7.46. The fraction of sp³-hybridized carbons (Fsp3) is 0.235. The Kier molecular flexibility index (Phi) is 5.71. The number of hydrogen-bond acceptors (Lipinski definition) is 3. The molecule has 0 aromatic heterocycles. The molecule has 122 valence electrons. The Morgan fingerprint density at radius 3 is 2.61 bits per heavy atom. The topological polar surface area (TPSA) is 59.6 Å². The third-order valence-corrected chi connectivity index (χ3v) is 3.59. The van der Waals surface area contributed by atoms with Gasteiger partial charge in [-0.1, -0.05) is 17.7 Å². The average Bonchev–Trinajstić information content (AvgIpc) is 2.51. The lowest BCUT2D eigenvalue weighted by Gasteiger charge is -2.12. The molecule has 2 aromatic carbocycles. The van der Waals surface area contributed by atoms with E-state index < -0.39 is 6.03 Å². The summed E-state index contributed by atoms with van der Waals surface area (Å²) in [4.78, 5) is 11.9. The van der Waals surface area contributed by atoms with Crippen molar-refractivity contribution in [2.24, 2.45) is 0 Å². The lowest BCUT2D eigenvalue weighted by Crippen LogP contribution is -2.32. The first-order valence-electron chi connectivity index (χ1n) is 7.08. The van der Waals surface area contributed by atoms with Gasteiger partial charge in [-0.15, -0.1) is 0 Å². The number of ether oxygens (including phenoxy) is 2. The molecule has 0 aliphatic rings. The summed E-state index contributed by atoms with van der Waals surface area (Å²) in [6.45, 7) is 4.09. The minimum atomic E-state index is -0.408. The van der Waals surface area contributed by atoms with Crippen LogP contribution in [0.4, 0.5) is 10.5 Å². The number of benzene rings is 2. The second kappa shape index (κ2) is 7.74. The van der Waals surface area contributed by atoms with E-state index in [2.05, 4.69) is 10.6 Å². The third-order valence-electron chi connectivity index (χ3n) is 3.36. The van der Waals surface area contributed by atoms with Crippen molar-refractivity contribution in [3.63, 3.8) is 0 Å². The number of urea groups is 1. The van der Waals surface area contributed by atoms with E-state index in [9.17, 15) is 4.79 Å². The molecule has 2 aromatic rings. The molecule has 0 aliphatic heterocycles. The Morgan fingerprint density at radius 2 is 1.91 bits per heavy atom. The van der Waals surface area contributed by atoms with Crippen molar-refractivity contribution in [2.45, 2.75) is 13.8 Å². The molecule has 23 heavy (non-hydrogen) atoms. The Bertz CT molecular complexity index is 704. The maximum absolute atomic E-state index is 11.9. The van der Waals surface area contributed by atoms with Crippen LogP contribution < -0.4 is 20.1 Å². The van der Waals surface area contributed by atoms with Gasteiger partial charge in [0.15, 0.2) is 6.73 Å². The lowest BCUT2D eigenvalue weighted by molar-refractivity contribution is 0.234. The number of aryl methyl sites for hydroxylation is 2. The zero-order chi connectivity index (χ0) is 16.8. The van der Waals surface area contributed by atoms with Gasteiger partial charge in [-0.3, -0.25) is 0 Å². The van der Waals surface area contributed by atoms with Crippen LogP contribution in [0.15, 0.2) is 36.4 Å². The van der Waals surface area contributed by atoms with Gasteiger partial charge in [-0.25, -0.2) is 4.79 Å². The minimum absolute atomic E-state index is 0.0528. The number of methoxy groups -OCH3 is 1. The van der Waals surface area contributed by atoms with Crippen LogP contribution in [0.1, 0.15) is 11.1 Å². The van der Waals surface area contributed by atoms with Gasteiger partial charge in [0.2, 0.25) is 0 Å². The highest BCUT2D eigenvalue weighted by Crippen LogP contribution is 2.27. The van der Waals surface area contributed by atoms with Gasteiger partial charge < -0.3 is 20.1 Å². The first kappa shape index (κ1) is 17.0. The highest BCUT2D eigenvalue weighted by atomic mass is 35.5. The summed E-state index contributed by atoms with van der Waals surface area (Å²) in [7, 11) is 1.52. The predicted molar refractivity (Wildman–Crippen MR) is 91.6 cm³/mol. The van der Waals surface area contributed by atoms with Gasteiger partial charge in [0.1, 0.15) is 11.5 Å². The number of amides is 2. The maximum atomic E-state index is 11.9. The molecule has 0 spiro atoms. The van der Waals surface area contributed by atoms with Crippen LogP contribution in [0.3, 0.4) is 0 Å². The van der Waals surface area contributed by atoms with Crippen LogP contribution in [0.2, 0.25) is 5.02 Å². The SMILES string of the molecule is COc1ccc(Cl)cc1NC(=O)NCOc1ccc(C)c(C)c1. The van der Waals surface area contributed by atoms with Gasteiger partial charge in [0.25, 0.3) is 0 Å². The summed E-state index contributed by atoms with van der Waals surface area (Å²) in [5.41, 5.74) is 2.82. The monoisotopic (exact) mass is 334 g/mol. The first-order chi connectivity index (χ1) is 11.0. The van der Waals surface area contributed by atoms with Crippen molar-refractivity contribution in [2.75, 3.05) is 19.2 Å². The summed E-state index contributed by atoms with van der Waals surface area (Å²) in [6, 6.07) is 10.3. The number of carbonyl (C=O) groups excluding carboxylic acids is 1. The smallest absolute Gasteiger partial charge is 0.321 e. The molecule has 0 radical (unpaired) electrons.